The van der Waals surface area contributed by atoms with Crippen LogP contribution in [0, 0.1) is 0 Å². The quantitative estimate of drug-likeness (QED) is 0.731. The summed E-state index contributed by atoms with van der Waals surface area (Å²) in [6.07, 6.45) is 3.81. The molecule has 1 heteroatoms. The van der Waals surface area contributed by atoms with E-state index in [1.165, 1.54) is 27.8 Å². The Balaban J connectivity index is 2.39. The van der Waals surface area contributed by atoms with Gasteiger partial charge in [-0.3, -0.25) is 0 Å². The van der Waals surface area contributed by atoms with Gasteiger partial charge in [0.25, 0.3) is 0 Å². The average Bonchev–Trinajstić information content (AvgIpc) is 2.87. The Hall–Kier alpha value is -1.76. The first-order chi connectivity index (χ1) is 9.72. The number of aromatic hydroxyl groups is 1. The lowest BCUT2D eigenvalue weighted by Gasteiger charge is -2.19. The van der Waals surface area contributed by atoms with Gasteiger partial charge in [-0.1, -0.05) is 45.0 Å². The second-order valence-electron chi connectivity index (χ2n) is 5.53. The van der Waals surface area contributed by atoms with Gasteiger partial charge in [0.1, 0.15) is 5.75 Å². The van der Waals surface area contributed by atoms with Crippen molar-refractivity contribution in [1.29, 1.82) is 0 Å². The highest BCUT2D eigenvalue weighted by molar-refractivity contribution is 5.83. The molecule has 1 aliphatic rings. The minimum atomic E-state index is 0.549. The normalized spacial score (nSPS) is 12.3. The molecule has 20 heavy (non-hydrogen) atoms. The highest BCUT2D eigenvalue weighted by atomic mass is 16.3. The maximum atomic E-state index is 10.7. The molecule has 0 aromatic heterocycles. The van der Waals surface area contributed by atoms with Crippen molar-refractivity contribution in [2.75, 3.05) is 0 Å². The van der Waals surface area contributed by atoms with Gasteiger partial charge in [-0.15, -0.1) is 0 Å². The summed E-state index contributed by atoms with van der Waals surface area (Å²) in [7, 11) is 0. The van der Waals surface area contributed by atoms with Crippen LogP contribution in [0.25, 0.3) is 11.1 Å². The smallest absolute Gasteiger partial charge is 0.123 e. The standard InChI is InChI=1S/C19H22O/c1-4-13-14(5-2)18-16-10-8-7-9-12(16)11-17(18)19(20)15(13)6-3/h7-10,20H,4-6,11H2,1-3H3. The molecule has 0 bridgehead atoms. The van der Waals surface area contributed by atoms with E-state index in [4.69, 9.17) is 0 Å². The molecule has 3 rings (SSSR count). The van der Waals surface area contributed by atoms with Gasteiger partial charge in [-0.2, -0.15) is 0 Å². The van der Waals surface area contributed by atoms with Crippen LogP contribution in [0.15, 0.2) is 24.3 Å². The first-order valence-electron chi connectivity index (χ1n) is 7.69. The molecule has 0 atom stereocenters. The largest absolute Gasteiger partial charge is 0.507 e. The van der Waals surface area contributed by atoms with Crippen LogP contribution in [0.4, 0.5) is 0 Å². The van der Waals surface area contributed by atoms with E-state index in [-0.39, 0.29) is 0 Å². The highest BCUT2D eigenvalue weighted by Gasteiger charge is 2.27. The molecule has 0 heterocycles. The lowest BCUT2D eigenvalue weighted by atomic mass is 9.86. The van der Waals surface area contributed by atoms with E-state index in [0.29, 0.717) is 5.75 Å². The monoisotopic (exact) mass is 266 g/mol. The zero-order chi connectivity index (χ0) is 14.3. The van der Waals surface area contributed by atoms with Gasteiger partial charge in [-0.25, -0.2) is 0 Å². The number of benzene rings is 2. The number of fused-ring (bicyclic) bond motifs is 3. The van der Waals surface area contributed by atoms with Crippen LogP contribution in [0.1, 0.15) is 48.6 Å². The molecule has 0 radical (unpaired) electrons. The molecular weight excluding hydrogens is 244 g/mol. The number of phenols is 1. The summed E-state index contributed by atoms with van der Waals surface area (Å²) in [5, 5.41) is 10.7. The van der Waals surface area contributed by atoms with Crippen molar-refractivity contribution in [2.24, 2.45) is 0 Å². The van der Waals surface area contributed by atoms with Gasteiger partial charge in [-0.05, 0) is 52.6 Å². The Kier molecular flexibility index (Phi) is 3.29. The van der Waals surface area contributed by atoms with E-state index in [9.17, 15) is 5.11 Å². The molecular formula is C19H22O. The Morgan fingerprint density at radius 2 is 1.55 bits per heavy atom. The summed E-state index contributed by atoms with van der Waals surface area (Å²) in [5.74, 6) is 0.549. The fraction of sp³-hybridized carbons (Fsp3) is 0.368. The number of rotatable bonds is 3. The molecule has 1 N–H and O–H groups in total. The second kappa shape index (κ2) is 4.97. The van der Waals surface area contributed by atoms with Crippen LogP contribution in [-0.2, 0) is 25.7 Å². The Morgan fingerprint density at radius 1 is 0.900 bits per heavy atom. The van der Waals surface area contributed by atoms with E-state index in [1.54, 1.807) is 0 Å². The fourth-order valence-electron chi connectivity index (χ4n) is 3.76. The van der Waals surface area contributed by atoms with Gasteiger partial charge >= 0.3 is 0 Å². The van der Waals surface area contributed by atoms with Gasteiger partial charge in [0.15, 0.2) is 0 Å². The van der Waals surface area contributed by atoms with Gasteiger partial charge in [0, 0.05) is 12.0 Å². The Bertz CT molecular complexity index is 668. The third kappa shape index (κ3) is 1.69. The van der Waals surface area contributed by atoms with Crippen LogP contribution in [0.2, 0.25) is 0 Å². The summed E-state index contributed by atoms with van der Waals surface area (Å²) in [5.41, 5.74) is 9.11. The topological polar surface area (TPSA) is 20.2 Å². The summed E-state index contributed by atoms with van der Waals surface area (Å²) in [4.78, 5) is 0. The zero-order valence-corrected chi connectivity index (χ0v) is 12.6. The summed E-state index contributed by atoms with van der Waals surface area (Å²) < 4.78 is 0. The third-order valence-corrected chi connectivity index (χ3v) is 4.62. The van der Waals surface area contributed by atoms with E-state index in [1.807, 2.05) is 0 Å². The molecule has 104 valence electrons. The Morgan fingerprint density at radius 3 is 2.20 bits per heavy atom. The number of hydrogen-bond donors (Lipinski definition) is 1. The predicted molar refractivity (Wildman–Crippen MR) is 84.5 cm³/mol. The van der Waals surface area contributed by atoms with E-state index < -0.39 is 0 Å². The summed E-state index contributed by atoms with van der Waals surface area (Å²) in [6, 6.07) is 8.58. The van der Waals surface area contributed by atoms with Gasteiger partial charge in [0.2, 0.25) is 0 Å². The molecule has 1 nitrogen and oxygen atoms in total. The van der Waals surface area contributed by atoms with Crippen molar-refractivity contribution in [3.8, 4) is 16.9 Å². The van der Waals surface area contributed by atoms with Crippen LogP contribution in [-0.4, -0.2) is 5.11 Å². The molecule has 0 aliphatic heterocycles. The molecule has 1 aliphatic carbocycles. The number of phenolic OH excluding ortho intramolecular Hbond substituents is 1. The lowest BCUT2D eigenvalue weighted by molar-refractivity contribution is 0.462. The Labute approximate surface area is 121 Å². The van der Waals surface area contributed by atoms with E-state index >= 15 is 0 Å². The van der Waals surface area contributed by atoms with Crippen molar-refractivity contribution < 1.29 is 5.11 Å². The number of hydrogen-bond acceptors (Lipinski definition) is 1. The molecule has 2 aromatic rings. The molecule has 2 aromatic carbocycles. The van der Waals surface area contributed by atoms with Gasteiger partial charge < -0.3 is 5.11 Å². The predicted octanol–water partition coefficient (Wildman–Crippen LogP) is 4.65. The molecule has 0 unspecified atom stereocenters. The van der Waals surface area contributed by atoms with Gasteiger partial charge in [0.05, 0.1) is 0 Å². The maximum absolute atomic E-state index is 10.7. The minimum Gasteiger partial charge on any atom is -0.507 e. The summed E-state index contributed by atoms with van der Waals surface area (Å²) >= 11 is 0. The highest BCUT2D eigenvalue weighted by Crippen LogP contribution is 2.46. The van der Waals surface area contributed by atoms with Crippen molar-refractivity contribution in [3.63, 3.8) is 0 Å². The van der Waals surface area contributed by atoms with Crippen LogP contribution >= 0.6 is 0 Å². The average molecular weight is 266 g/mol. The van der Waals surface area contributed by atoms with Crippen molar-refractivity contribution >= 4 is 0 Å². The van der Waals surface area contributed by atoms with Crippen LogP contribution in [0.5, 0.6) is 5.75 Å². The van der Waals surface area contributed by atoms with E-state index in [0.717, 1.165) is 36.8 Å². The molecule has 0 saturated carbocycles. The van der Waals surface area contributed by atoms with Crippen LogP contribution in [0.3, 0.4) is 0 Å². The summed E-state index contributed by atoms with van der Waals surface area (Å²) in [6.45, 7) is 6.56. The third-order valence-electron chi connectivity index (χ3n) is 4.62. The maximum Gasteiger partial charge on any atom is 0.123 e. The fourth-order valence-corrected chi connectivity index (χ4v) is 3.76. The molecule has 0 fully saturated rings. The SMILES string of the molecule is CCc1c(O)c2c(c(CC)c1CC)-c1ccccc1C2. The molecule has 0 saturated heterocycles. The zero-order valence-electron chi connectivity index (χ0n) is 12.6. The minimum absolute atomic E-state index is 0.549. The molecule has 0 amide bonds. The first kappa shape index (κ1) is 13.2. The molecule has 0 spiro atoms. The van der Waals surface area contributed by atoms with Crippen LogP contribution < -0.4 is 0 Å². The van der Waals surface area contributed by atoms with Crippen molar-refractivity contribution in [1.82, 2.24) is 0 Å². The second-order valence-corrected chi connectivity index (χ2v) is 5.53. The first-order valence-corrected chi connectivity index (χ1v) is 7.69. The van der Waals surface area contributed by atoms with Crippen molar-refractivity contribution in [2.45, 2.75) is 46.5 Å². The van der Waals surface area contributed by atoms with Crippen molar-refractivity contribution in [3.05, 3.63) is 52.1 Å². The van der Waals surface area contributed by atoms with E-state index in [2.05, 4.69) is 45.0 Å². The lowest BCUT2D eigenvalue weighted by Crippen LogP contribution is -2.03.